The summed E-state index contributed by atoms with van der Waals surface area (Å²) in [5.74, 6) is -1.02. The summed E-state index contributed by atoms with van der Waals surface area (Å²) in [6.45, 7) is 2.03. The van der Waals surface area contributed by atoms with Gasteiger partial charge in [0.15, 0.2) is 0 Å². The lowest BCUT2D eigenvalue weighted by atomic mass is 9.99. The molecule has 4 nitrogen and oxygen atoms in total. The van der Waals surface area contributed by atoms with E-state index in [-0.39, 0.29) is 25.1 Å². The van der Waals surface area contributed by atoms with Crippen LogP contribution >= 0.6 is 0 Å². The molecule has 0 bridgehead atoms. The van der Waals surface area contributed by atoms with Crippen LogP contribution in [0.15, 0.2) is 12.1 Å². The second kappa shape index (κ2) is 5.97. The van der Waals surface area contributed by atoms with E-state index in [2.05, 4.69) is 0 Å². The zero-order valence-electron chi connectivity index (χ0n) is 9.50. The number of nitrogens with zero attached hydrogens (tertiary/aromatic N) is 1. The van der Waals surface area contributed by atoms with Gasteiger partial charge in [-0.15, -0.1) is 0 Å². The minimum Gasteiger partial charge on any atom is -0.466 e. The molecule has 17 heavy (non-hydrogen) atoms. The van der Waals surface area contributed by atoms with E-state index in [1.54, 1.807) is 6.92 Å². The Morgan fingerprint density at radius 2 is 2.29 bits per heavy atom. The average molecular weight is 236 g/mol. The van der Waals surface area contributed by atoms with E-state index in [1.807, 2.05) is 6.07 Å². The smallest absolute Gasteiger partial charge is 0.310 e. The predicted octanol–water partition coefficient (Wildman–Crippen LogP) is 1.26. The summed E-state index contributed by atoms with van der Waals surface area (Å²) in [5, 5.41) is 8.85. The molecular weight excluding hydrogens is 223 g/mol. The van der Waals surface area contributed by atoms with E-state index < -0.39 is 11.8 Å². The van der Waals surface area contributed by atoms with Crippen LogP contribution < -0.4 is 5.73 Å². The molecule has 0 saturated carbocycles. The molecule has 0 aliphatic rings. The summed E-state index contributed by atoms with van der Waals surface area (Å²) in [7, 11) is 0. The number of rotatable bonds is 4. The van der Waals surface area contributed by atoms with Crippen LogP contribution in [0.3, 0.4) is 0 Å². The van der Waals surface area contributed by atoms with Crippen molar-refractivity contribution in [1.29, 1.82) is 5.26 Å². The quantitative estimate of drug-likeness (QED) is 0.798. The van der Waals surface area contributed by atoms with Crippen molar-refractivity contribution in [3.8, 4) is 6.07 Å². The first-order valence-electron chi connectivity index (χ1n) is 5.19. The van der Waals surface area contributed by atoms with Gasteiger partial charge in [0.05, 0.1) is 24.7 Å². The molecule has 1 rings (SSSR count). The fraction of sp³-hybridized carbons (Fsp3) is 0.333. The molecule has 1 aromatic rings. The van der Waals surface area contributed by atoms with Gasteiger partial charge in [0.25, 0.3) is 0 Å². The van der Waals surface area contributed by atoms with Crippen molar-refractivity contribution in [3.63, 3.8) is 0 Å². The first-order valence-corrected chi connectivity index (χ1v) is 5.19. The maximum Gasteiger partial charge on any atom is 0.310 e. The van der Waals surface area contributed by atoms with Gasteiger partial charge in [0.2, 0.25) is 0 Å². The average Bonchev–Trinajstić information content (AvgIpc) is 2.28. The van der Waals surface area contributed by atoms with Crippen molar-refractivity contribution < 1.29 is 13.9 Å². The van der Waals surface area contributed by atoms with Gasteiger partial charge < -0.3 is 10.5 Å². The summed E-state index contributed by atoms with van der Waals surface area (Å²) >= 11 is 0. The van der Waals surface area contributed by atoms with Gasteiger partial charge in [-0.1, -0.05) is 0 Å². The number of halogens is 1. The fourth-order valence-electron chi connectivity index (χ4n) is 1.56. The number of nitriles is 1. The van der Waals surface area contributed by atoms with Crippen LogP contribution in [0.2, 0.25) is 0 Å². The van der Waals surface area contributed by atoms with E-state index in [4.69, 9.17) is 15.7 Å². The van der Waals surface area contributed by atoms with Gasteiger partial charge in [-0.25, -0.2) is 4.39 Å². The highest BCUT2D eigenvalue weighted by atomic mass is 19.1. The van der Waals surface area contributed by atoms with Gasteiger partial charge in [-0.3, -0.25) is 4.79 Å². The number of esters is 1. The standard InChI is InChI=1S/C12H13FN2O2/c1-2-17-12(16)5-8-3-10(13)4-9(6-14)11(8)7-15/h3-4H,2,5,7,15H2,1H3. The number of carbonyl (C=O) groups excluding carboxylic acids is 1. The molecule has 0 aliphatic heterocycles. The number of hydrogen-bond acceptors (Lipinski definition) is 4. The largest absolute Gasteiger partial charge is 0.466 e. The lowest BCUT2D eigenvalue weighted by Gasteiger charge is -2.09. The molecule has 0 fully saturated rings. The van der Waals surface area contributed by atoms with Crippen LogP contribution in [0, 0.1) is 17.1 Å². The van der Waals surface area contributed by atoms with Crippen LogP contribution in [-0.4, -0.2) is 12.6 Å². The summed E-state index contributed by atoms with van der Waals surface area (Å²) in [6.07, 6.45) is -0.0766. The van der Waals surface area contributed by atoms with Gasteiger partial charge in [-0.05, 0) is 30.2 Å². The molecule has 0 atom stereocenters. The Kier molecular flexibility index (Phi) is 4.61. The summed E-state index contributed by atoms with van der Waals surface area (Å²) < 4.78 is 18.0. The van der Waals surface area contributed by atoms with Crippen molar-refractivity contribution in [2.24, 2.45) is 5.73 Å². The predicted molar refractivity (Wildman–Crippen MR) is 59.3 cm³/mol. The maximum atomic E-state index is 13.2. The van der Waals surface area contributed by atoms with Gasteiger partial charge in [-0.2, -0.15) is 5.26 Å². The Bertz CT molecular complexity index is 466. The Balaban J connectivity index is 3.10. The Labute approximate surface area is 98.8 Å². The van der Waals surface area contributed by atoms with Crippen LogP contribution in [0.1, 0.15) is 23.6 Å². The third-order valence-electron chi connectivity index (χ3n) is 2.27. The Morgan fingerprint density at radius 3 is 2.82 bits per heavy atom. The molecule has 0 saturated heterocycles. The molecule has 0 spiro atoms. The second-order valence-corrected chi connectivity index (χ2v) is 3.39. The maximum absolute atomic E-state index is 13.2. The van der Waals surface area contributed by atoms with Crippen LogP contribution in [-0.2, 0) is 22.5 Å². The molecule has 0 heterocycles. The highest BCUT2D eigenvalue weighted by Gasteiger charge is 2.13. The van der Waals surface area contributed by atoms with Crippen molar-refractivity contribution in [2.45, 2.75) is 19.9 Å². The second-order valence-electron chi connectivity index (χ2n) is 3.39. The first kappa shape index (κ1) is 13.1. The van der Waals surface area contributed by atoms with Crippen LogP contribution in [0.4, 0.5) is 4.39 Å². The van der Waals surface area contributed by atoms with Gasteiger partial charge in [0, 0.05) is 6.54 Å². The molecule has 0 unspecified atom stereocenters. The van der Waals surface area contributed by atoms with Crippen molar-refractivity contribution in [3.05, 3.63) is 34.6 Å². The topological polar surface area (TPSA) is 76.1 Å². The Morgan fingerprint density at radius 1 is 1.59 bits per heavy atom. The van der Waals surface area contributed by atoms with Crippen LogP contribution in [0.25, 0.3) is 0 Å². The summed E-state index contributed by atoms with van der Waals surface area (Å²) in [5.41, 5.74) is 6.55. The number of carbonyl (C=O) groups is 1. The molecule has 0 amide bonds. The van der Waals surface area contributed by atoms with Gasteiger partial charge in [0.1, 0.15) is 5.82 Å². The molecular formula is C12H13FN2O2. The van der Waals surface area contributed by atoms with Crippen molar-refractivity contribution in [1.82, 2.24) is 0 Å². The SMILES string of the molecule is CCOC(=O)Cc1cc(F)cc(C#N)c1CN. The Hall–Kier alpha value is -1.93. The van der Waals surface area contributed by atoms with Gasteiger partial charge >= 0.3 is 5.97 Å². The van der Waals surface area contributed by atoms with E-state index in [0.717, 1.165) is 6.07 Å². The molecule has 1 aromatic carbocycles. The normalized spacial score (nSPS) is 9.76. The summed E-state index contributed by atoms with van der Waals surface area (Å²) in [6, 6.07) is 4.18. The minimum atomic E-state index is -0.557. The lowest BCUT2D eigenvalue weighted by molar-refractivity contribution is -0.142. The highest BCUT2D eigenvalue weighted by molar-refractivity contribution is 5.73. The van der Waals surface area contributed by atoms with E-state index >= 15 is 0 Å². The third kappa shape index (κ3) is 3.26. The zero-order valence-corrected chi connectivity index (χ0v) is 9.50. The molecule has 5 heteroatoms. The molecule has 2 N–H and O–H groups in total. The third-order valence-corrected chi connectivity index (χ3v) is 2.27. The van der Waals surface area contributed by atoms with E-state index in [9.17, 15) is 9.18 Å². The molecule has 0 aromatic heterocycles. The zero-order chi connectivity index (χ0) is 12.8. The van der Waals surface area contributed by atoms with Crippen LogP contribution in [0.5, 0.6) is 0 Å². The fourth-order valence-corrected chi connectivity index (χ4v) is 1.56. The number of hydrogen-bond donors (Lipinski definition) is 1. The minimum absolute atomic E-state index is 0.0766. The lowest BCUT2D eigenvalue weighted by Crippen LogP contribution is -2.12. The number of nitrogens with two attached hydrogens (primary N) is 1. The van der Waals surface area contributed by atoms with Crippen molar-refractivity contribution >= 4 is 5.97 Å². The number of ether oxygens (including phenoxy) is 1. The first-order chi connectivity index (χ1) is 8.12. The molecule has 90 valence electrons. The van der Waals surface area contributed by atoms with Crippen molar-refractivity contribution in [2.75, 3.05) is 6.61 Å². The van der Waals surface area contributed by atoms with E-state index in [1.165, 1.54) is 6.07 Å². The summed E-state index contributed by atoms with van der Waals surface area (Å²) in [4.78, 5) is 11.3. The monoisotopic (exact) mass is 236 g/mol. The molecule has 0 radical (unpaired) electrons. The van der Waals surface area contributed by atoms with E-state index in [0.29, 0.717) is 11.1 Å². The molecule has 0 aliphatic carbocycles. The highest BCUT2D eigenvalue weighted by Crippen LogP contribution is 2.17. The number of benzene rings is 1.